The van der Waals surface area contributed by atoms with Crippen molar-refractivity contribution in [1.29, 1.82) is 0 Å². The average molecular weight is 375 g/mol. The Labute approximate surface area is 170 Å². The molecule has 0 aliphatic heterocycles. The first kappa shape index (κ1) is 20.6. The van der Waals surface area contributed by atoms with E-state index >= 15 is 0 Å². The molecule has 0 unspecified atom stereocenters. The van der Waals surface area contributed by atoms with Crippen LogP contribution in [-0.4, -0.2) is 11.7 Å². The van der Waals surface area contributed by atoms with Crippen molar-refractivity contribution in [3.8, 4) is 11.1 Å². The van der Waals surface area contributed by atoms with Gasteiger partial charge in [-0.05, 0) is 70.9 Å². The first-order valence-corrected chi connectivity index (χ1v) is 10.4. The Morgan fingerprint density at radius 2 is 1.57 bits per heavy atom. The van der Waals surface area contributed by atoms with Gasteiger partial charge in [0, 0.05) is 0 Å². The minimum atomic E-state index is 0.0760. The number of hydrogen-bond acceptors (Lipinski definition) is 1. The SMILES string of the molecule is CC(C=Cc1ccccc1-c1cc2c(cc1C)C(C)(C)CCC2(C)C)=CCO. The number of rotatable bonds is 4. The molecule has 0 heterocycles. The standard InChI is InChI=1S/C27H34O/c1-19(13-16-28)11-12-21-9-7-8-10-22(21)23-18-25-24(17-20(23)2)26(3,4)14-15-27(25,5)6/h7-13,17-18,28H,14-16H2,1-6H3. The normalized spacial score (nSPS) is 18.3. The van der Waals surface area contributed by atoms with Gasteiger partial charge in [-0.1, -0.05) is 87.9 Å². The molecule has 1 heteroatoms. The zero-order valence-corrected chi connectivity index (χ0v) is 18.3. The fourth-order valence-corrected chi connectivity index (χ4v) is 4.33. The van der Waals surface area contributed by atoms with Crippen LogP contribution >= 0.6 is 0 Å². The summed E-state index contributed by atoms with van der Waals surface area (Å²) in [6.45, 7) is 13.9. The fraction of sp³-hybridized carbons (Fsp3) is 0.407. The molecule has 148 valence electrons. The second-order valence-corrected chi connectivity index (χ2v) is 9.53. The third-order valence-electron chi connectivity index (χ3n) is 6.39. The summed E-state index contributed by atoms with van der Waals surface area (Å²) in [4.78, 5) is 0. The Bertz CT molecular complexity index is 925. The van der Waals surface area contributed by atoms with Crippen LogP contribution in [0.1, 0.15) is 69.7 Å². The van der Waals surface area contributed by atoms with Crippen LogP contribution in [0.5, 0.6) is 0 Å². The zero-order valence-electron chi connectivity index (χ0n) is 18.3. The lowest BCUT2D eigenvalue weighted by atomic mass is 9.62. The van der Waals surface area contributed by atoms with Gasteiger partial charge in [0.15, 0.2) is 0 Å². The highest BCUT2D eigenvalue weighted by Crippen LogP contribution is 2.47. The molecule has 0 saturated carbocycles. The van der Waals surface area contributed by atoms with Crippen molar-refractivity contribution in [3.05, 3.63) is 76.4 Å². The van der Waals surface area contributed by atoms with E-state index in [0.29, 0.717) is 0 Å². The Hall–Kier alpha value is -2.12. The molecule has 28 heavy (non-hydrogen) atoms. The quantitative estimate of drug-likeness (QED) is 0.573. The molecule has 2 aromatic carbocycles. The molecule has 1 aliphatic carbocycles. The van der Waals surface area contributed by atoms with E-state index in [1.54, 1.807) is 0 Å². The van der Waals surface area contributed by atoms with Crippen LogP contribution in [0.15, 0.2) is 54.1 Å². The van der Waals surface area contributed by atoms with E-state index in [4.69, 9.17) is 5.11 Å². The maximum atomic E-state index is 9.10. The molecule has 0 aromatic heterocycles. The molecular weight excluding hydrogens is 340 g/mol. The van der Waals surface area contributed by atoms with Crippen LogP contribution in [0.4, 0.5) is 0 Å². The fourth-order valence-electron chi connectivity index (χ4n) is 4.33. The Morgan fingerprint density at radius 1 is 0.964 bits per heavy atom. The van der Waals surface area contributed by atoms with Gasteiger partial charge in [0.1, 0.15) is 0 Å². The number of aryl methyl sites for hydroxylation is 1. The van der Waals surface area contributed by atoms with Crippen LogP contribution in [0, 0.1) is 6.92 Å². The van der Waals surface area contributed by atoms with Gasteiger partial charge in [-0.3, -0.25) is 0 Å². The van der Waals surface area contributed by atoms with Gasteiger partial charge >= 0.3 is 0 Å². The predicted molar refractivity (Wildman–Crippen MR) is 122 cm³/mol. The highest BCUT2D eigenvalue weighted by atomic mass is 16.2. The van der Waals surface area contributed by atoms with E-state index in [2.05, 4.69) is 83.2 Å². The van der Waals surface area contributed by atoms with E-state index < -0.39 is 0 Å². The van der Waals surface area contributed by atoms with E-state index in [1.165, 1.54) is 46.2 Å². The molecule has 1 N–H and O–H groups in total. The predicted octanol–water partition coefficient (Wildman–Crippen LogP) is 6.96. The lowest BCUT2D eigenvalue weighted by molar-refractivity contribution is 0.332. The van der Waals surface area contributed by atoms with Crippen LogP contribution < -0.4 is 0 Å². The van der Waals surface area contributed by atoms with Crippen molar-refractivity contribution in [1.82, 2.24) is 0 Å². The lowest BCUT2D eigenvalue weighted by Gasteiger charge is -2.42. The van der Waals surface area contributed by atoms with E-state index in [9.17, 15) is 0 Å². The Morgan fingerprint density at radius 3 is 2.21 bits per heavy atom. The summed E-state index contributed by atoms with van der Waals surface area (Å²) >= 11 is 0. The van der Waals surface area contributed by atoms with Crippen molar-refractivity contribution < 1.29 is 5.11 Å². The van der Waals surface area contributed by atoms with Crippen molar-refractivity contribution in [2.45, 2.75) is 65.2 Å². The summed E-state index contributed by atoms with van der Waals surface area (Å²) < 4.78 is 0. The summed E-state index contributed by atoms with van der Waals surface area (Å²) in [5.74, 6) is 0. The summed E-state index contributed by atoms with van der Waals surface area (Å²) in [7, 11) is 0. The Kier molecular flexibility index (Phi) is 5.68. The minimum absolute atomic E-state index is 0.0760. The molecule has 0 saturated heterocycles. The molecule has 0 atom stereocenters. The van der Waals surface area contributed by atoms with Crippen molar-refractivity contribution >= 4 is 6.08 Å². The monoisotopic (exact) mass is 374 g/mol. The van der Waals surface area contributed by atoms with Gasteiger partial charge in [0.25, 0.3) is 0 Å². The third-order valence-corrected chi connectivity index (χ3v) is 6.39. The Balaban J connectivity index is 2.15. The summed E-state index contributed by atoms with van der Waals surface area (Å²) in [6, 6.07) is 13.5. The highest BCUT2D eigenvalue weighted by molar-refractivity contribution is 5.79. The van der Waals surface area contributed by atoms with E-state index in [0.717, 1.165) is 5.57 Å². The maximum Gasteiger partial charge on any atom is 0.0617 e. The van der Waals surface area contributed by atoms with Crippen molar-refractivity contribution in [3.63, 3.8) is 0 Å². The maximum absolute atomic E-state index is 9.10. The number of aliphatic hydroxyl groups is 1. The summed E-state index contributed by atoms with van der Waals surface area (Å²) in [5, 5.41) is 9.10. The number of aliphatic hydroxyl groups excluding tert-OH is 1. The molecule has 1 aliphatic rings. The van der Waals surface area contributed by atoms with Crippen LogP contribution in [0.25, 0.3) is 17.2 Å². The zero-order chi connectivity index (χ0) is 20.5. The molecular formula is C27H34O. The largest absolute Gasteiger partial charge is 0.392 e. The number of allylic oxidation sites excluding steroid dienone is 2. The molecule has 0 fully saturated rings. The van der Waals surface area contributed by atoms with Gasteiger partial charge in [-0.25, -0.2) is 0 Å². The van der Waals surface area contributed by atoms with Crippen LogP contribution in [0.3, 0.4) is 0 Å². The number of fused-ring (bicyclic) bond motifs is 1. The van der Waals surface area contributed by atoms with Crippen LogP contribution in [-0.2, 0) is 10.8 Å². The van der Waals surface area contributed by atoms with Gasteiger partial charge in [0.05, 0.1) is 6.61 Å². The number of hydrogen-bond donors (Lipinski definition) is 1. The second kappa shape index (κ2) is 7.72. The molecule has 2 aromatic rings. The average Bonchev–Trinajstić information content (AvgIpc) is 2.64. The van der Waals surface area contributed by atoms with E-state index in [1.807, 2.05) is 13.0 Å². The van der Waals surface area contributed by atoms with Crippen molar-refractivity contribution in [2.24, 2.45) is 0 Å². The van der Waals surface area contributed by atoms with E-state index in [-0.39, 0.29) is 17.4 Å². The molecule has 3 rings (SSSR count). The first-order valence-electron chi connectivity index (χ1n) is 10.4. The second-order valence-electron chi connectivity index (χ2n) is 9.53. The number of benzene rings is 2. The minimum Gasteiger partial charge on any atom is -0.392 e. The van der Waals surface area contributed by atoms with Crippen LogP contribution in [0.2, 0.25) is 0 Å². The summed E-state index contributed by atoms with van der Waals surface area (Å²) in [6.07, 6.45) is 8.53. The third kappa shape index (κ3) is 4.00. The molecule has 0 amide bonds. The van der Waals surface area contributed by atoms with Gasteiger partial charge in [-0.2, -0.15) is 0 Å². The van der Waals surface area contributed by atoms with Gasteiger partial charge < -0.3 is 5.11 Å². The molecule has 0 spiro atoms. The molecule has 0 bridgehead atoms. The van der Waals surface area contributed by atoms with Crippen molar-refractivity contribution in [2.75, 3.05) is 6.61 Å². The highest BCUT2D eigenvalue weighted by Gasteiger charge is 2.37. The van der Waals surface area contributed by atoms with Gasteiger partial charge in [0.2, 0.25) is 0 Å². The lowest BCUT2D eigenvalue weighted by Crippen LogP contribution is -2.34. The smallest absolute Gasteiger partial charge is 0.0617 e. The molecule has 1 nitrogen and oxygen atoms in total. The van der Waals surface area contributed by atoms with Gasteiger partial charge in [-0.15, -0.1) is 0 Å². The topological polar surface area (TPSA) is 20.2 Å². The summed E-state index contributed by atoms with van der Waals surface area (Å²) in [5.41, 5.74) is 9.68. The first-order chi connectivity index (χ1) is 13.2. The molecule has 0 radical (unpaired) electrons.